The van der Waals surface area contributed by atoms with Gasteiger partial charge in [0, 0.05) is 58.4 Å². The van der Waals surface area contributed by atoms with Gasteiger partial charge >= 0.3 is 0 Å². The number of halogens is 2. The molecule has 2 saturated heterocycles. The Hall–Kier alpha value is -1.93. The highest BCUT2D eigenvalue weighted by atomic mass is 127. The first-order valence-corrected chi connectivity index (χ1v) is 10.7. The summed E-state index contributed by atoms with van der Waals surface area (Å²) in [5.74, 6) is 0.565. The fourth-order valence-electron chi connectivity index (χ4n) is 4.00. The summed E-state index contributed by atoms with van der Waals surface area (Å²) >= 11 is 0. The van der Waals surface area contributed by atoms with Crippen LogP contribution in [0.3, 0.4) is 0 Å². The van der Waals surface area contributed by atoms with Crippen molar-refractivity contribution in [3.63, 3.8) is 0 Å². The molecule has 31 heavy (non-hydrogen) atoms. The molecule has 3 rings (SSSR count). The number of hydrogen-bond donors (Lipinski definition) is 1. The second-order valence-corrected chi connectivity index (χ2v) is 7.88. The van der Waals surface area contributed by atoms with Gasteiger partial charge in [-0.25, -0.2) is 4.39 Å². The maximum Gasteiger partial charge on any atom is 0.236 e. The highest BCUT2D eigenvalue weighted by Crippen LogP contribution is 2.12. The van der Waals surface area contributed by atoms with Crippen LogP contribution >= 0.6 is 24.0 Å². The summed E-state index contributed by atoms with van der Waals surface area (Å²) in [5, 5.41) is 12.1. The molecule has 1 amide bonds. The summed E-state index contributed by atoms with van der Waals surface area (Å²) in [6.45, 7) is 5.69. The lowest BCUT2D eigenvalue weighted by molar-refractivity contribution is -0.132. The number of likely N-dealkylation sites (tertiary alicyclic amines) is 1. The molecule has 0 aromatic heterocycles. The maximum absolute atomic E-state index is 14.1. The van der Waals surface area contributed by atoms with Crippen molar-refractivity contribution in [1.82, 2.24) is 20.0 Å². The Balaban J connectivity index is 0.00000341. The van der Waals surface area contributed by atoms with Crippen molar-refractivity contribution in [2.75, 3.05) is 52.9 Å². The monoisotopic (exact) mass is 542 g/mol. The van der Waals surface area contributed by atoms with Gasteiger partial charge in [-0.3, -0.25) is 14.7 Å². The minimum Gasteiger partial charge on any atom is -0.352 e. The lowest BCUT2D eigenvalue weighted by Gasteiger charge is -2.37. The maximum atomic E-state index is 14.1. The topological polar surface area (TPSA) is 75.0 Å². The number of piperazine rings is 1. The highest BCUT2D eigenvalue weighted by molar-refractivity contribution is 14.0. The van der Waals surface area contributed by atoms with Crippen molar-refractivity contribution in [1.29, 1.82) is 5.26 Å². The van der Waals surface area contributed by atoms with E-state index in [1.54, 1.807) is 19.2 Å². The Morgan fingerprint density at radius 3 is 2.35 bits per heavy atom. The summed E-state index contributed by atoms with van der Waals surface area (Å²) in [6, 6.07) is 6.43. The lowest BCUT2D eigenvalue weighted by Crippen LogP contribution is -2.54. The van der Waals surface area contributed by atoms with E-state index in [0.717, 1.165) is 58.1 Å². The second kappa shape index (κ2) is 12.8. The number of carbonyl (C=O) groups excluding carboxylic acids is 1. The number of guanidine groups is 1. The molecule has 1 N–H and O–H groups in total. The quantitative estimate of drug-likeness (QED) is 0.360. The van der Waals surface area contributed by atoms with Gasteiger partial charge in [-0.05, 0) is 25.0 Å². The smallest absolute Gasteiger partial charge is 0.236 e. The largest absolute Gasteiger partial charge is 0.352 e. The zero-order chi connectivity index (χ0) is 21.3. The third kappa shape index (κ3) is 7.31. The summed E-state index contributed by atoms with van der Waals surface area (Å²) in [4.78, 5) is 23.3. The van der Waals surface area contributed by atoms with Crippen molar-refractivity contribution in [2.45, 2.75) is 32.2 Å². The molecule has 0 aliphatic carbocycles. The molecule has 2 fully saturated rings. The van der Waals surface area contributed by atoms with Gasteiger partial charge in [0.15, 0.2) is 5.96 Å². The molecule has 2 aliphatic heterocycles. The minimum absolute atomic E-state index is 0. The van der Waals surface area contributed by atoms with E-state index in [1.807, 2.05) is 11.0 Å². The van der Waals surface area contributed by atoms with Crippen LogP contribution in [-0.2, 0) is 11.3 Å². The molecule has 7 nitrogen and oxygen atoms in total. The van der Waals surface area contributed by atoms with Crippen LogP contribution in [-0.4, -0.2) is 79.4 Å². The Morgan fingerprint density at radius 2 is 1.77 bits per heavy atom. The predicted molar refractivity (Wildman–Crippen MR) is 130 cm³/mol. The SMILES string of the molecule is CN=C(NCc1ccc(C#N)cc1F)N1CCN(CC(=O)N2CCCCCC2)CC1.I. The molecule has 2 aliphatic rings. The van der Waals surface area contributed by atoms with Crippen LogP contribution < -0.4 is 5.32 Å². The van der Waals surface area contributed by atoms with Crippen LogP contribution in [0.4, 0.5) is 4.39 Å². The fraction of sp³-hybridized carbons (Fsp3) is 0.591. The molecule has 0 bridgehead atoms. The third-order valence-corrected chi connectivity index (χ3v) is 5.82. The normalized spacial score (nSPS) is 18.0. The Bertz CT molecular complexity index is 796. The Morgan fingerprint density at radius 1 is 1.10 bits per heavy atom. The van der Waals surface area contributed by atoms with E-state index >= 15 is 0 Å². The first-order valence-electron chi connectivity index (χ1n) is 10.7. The number of rotatable bonds is 4. The average molecular weight is 542 g/mol. The molecular weight excluding hydrogens is 510 g/mol. The van der Waals surface area contributed by atoms with Gasteiger partial charge in [-0.2, -0.15) is 5.26 Å². The van der Waals surface area contributed by atoms with Crippen molar-refractivity contribution in [3.8, 4) is 6.07 Å². The van der Waals surface area contributed by atoms with E-state index in [9.17, 15) is 9.18 Å². The zero-order valence-electron chi connectivity index (χ0n) is 18.1. The molecule has 0 spiro atoms. The van der Waals surface area contributed by atoms with Crippen LogP contribution in [0.5, 0.6) is 0 Å². The summed E-state index contributed by atoms with van der Waals surface area (Å²) < 4.78 is 14.1. The average Bonchev–Trinajstić information content (AvgIpc) is 3.06. The van der Waals surface area contributed by atoms with Gasteiger partial charge in [0.2, 0.25) is 5.91 Å². The first kappa shape index (κ1) is 25.3. The number of hydrogen-bond acceptors (Lipinski definition) is 4. The van der Waals surface area contributed by atoms with Crippen molar-refractivity contribution < 1.29 is 9.18 Å². The molecule has 9 heteroatoms. The van der Waals surface area contributed by atoms with Gasteiger partial charge in [-0.15, -0.1) is 24.0 Å². The zero-order valence-corrected chi connectivity index (χ0v) is 20.5. The van der Waals surface area contributed by atoms with E-state index in [4.69, 9.17) is 5.26 Å². The van der Waals surface area contributed by atoms with Crippen LogP contribution in [0.2, 0.25) is 0 Å². The molecule has 2 heterocycles. The molecule has 170 valence electrons. The molecule has 1 aromatic rings. The van der Waals surface area contributed by atoms with E-state index in [1.165, 1.54) is 18.9 Å². The van der Waals surface area contributed by atoms with Crippen LogP contribution in [0.1, 0.15) is 36.8 Å². The molecule has 0 radical (unpaired) electrons. The number of nitrogens with one attached hydrogen (secondary N) is 1. The molecule has 0 unspecified atom stereocenters. The summed E-state index contributed by atoms with van der Waals surface area (Å²) in [6.07, 6.45) is 4.67. The second-order valence-electron chi connectivity index (χ2n) is 7.88. The van der Waals surface area contributed by atoms with Crippen molar-refractivity contribution >= 4 is 35.8 Å². The lowest BCUT2D eigenvalue weighted by atomic mass is 10.1. The predicted octanol–water partition coefficient (Wildman–Crippen LogP) is 2.41. The van der Waals surface area contributed by atoms with Crippen molar-refractivity contribution in [2.24, 2.45) is 4.99 Å². The summed E-state index contributed by atoms with van der Waals surface area (Å²) in [7, 11) is 1.71. The van der Waals surface area contributed by atoms with Crippen LogP contribution in [0.15, 0.2) is 23.2 Å². The molecule has 0 atom stereocenters. The van der Waals surface area contributed by atoms with Gasteiger partial charge in [0.1, 0.15) is 5.82 Å². The van der Waals surface area contributed by atoms with Gasteiger partial charge < -0.3 is 15.1 Å². The number of nitrogens with zero attached hydrogens (tertiary/aromatic N) is 5. The Labute approximate surface area is 201 Å². The number of benzene rings is 1. The van der Waals surface area contributed by atoms with Gasteiger partial charge in [0.25, 0.3) is 0 Å². The standard InChI is InChI=1S/C22H31FN6O.HI/c1-25-22(26-16-19-7-6-18(15-24)14-20(19)23)29-12-10-27(11-13-29)17-21(30)28-8-4-2-3-5-9-28;/h6-7,14H,2-5,8-13,16-17H2,1H3,(H,25,26);1H. The summed E-state index contributed by atoms with van der Waals surface area (Å²) in [5.41, 5.74) is 0.809. The third-order valence-electron chi connectivity index (χ3n) is 5.82. The number of carbonyl (C=O) groups is 1. The first-order chi connectivity index (χ1) is 14.6. The van der Waals surface area contributed by atoms with Crippen LogP contribution in [0.25, 0.3) is 0 Å². The van der Waals surface area contributed by atoms with Gasteiger partial charge in [0.05, 0.1) is 18.2 Å². The molecule has 1 aromatic carbocycles. The molecule has 0 saturated carbocycles. The Kier molecular flexibility index (Phi) is 10.5. The van der Waals surface area contributed by atoms with E-state index in [0.29, 0.717) is 24.2 Å². The van der Waals surface area contributed by atoms with E-state index in [2.05, 4.69) is 20.1 Å². The highest BCUT2D eigenvalue weighted by Gasteiger charge is 2.23. The van der Waals surface area contributed by atoms with E-state index in [-0.39, 0.29) is 29.9 Å². The number of aliphatic imine (C=N–C) groups is 1. The number of amides is 1. The number of nitriles is 1. The molecular formula is C22H32FIN6O. The van der Waals surface area contributed by atoms with E-state index < -0.39 is 5.82 Å². The van der Waals surface area contributed by atoms with Gasteiger partial charge in [-0.1, -0.05) is 18.9 Å². The van der Waals surface area contributed by atoms with Crippen molar-refractivity contribution in [3.05, 3.63) is 35.1 Å². The fourth-order valence-corrected chi connectivity index (χ4v) is 4.00. The minimum atomic E-state index is -0.395. The van der Waals surface area contributed by atoms with Crippen LogP contribution in [0, 0.1) is 17.1 Å².